The monoisotopic (exact) mass is 261 g/mol. The standard InChI is InChI=1S/C10H15N3OS.ClH/c1-8-2-7-12-10(13-8)15(14)9-3-5-11-6-4-9;/h2,7,9,11H,3-6H2,1H3;1H. The number of nitrogens with zero attached hydrogens (tertiary/aromatic N) is 2. The maximum Gasteiger partial charge on any atom is 0.218 e. The van der Waals surface area contributed by atoms with Gasteiger partial charge in [-0.15, -0.1) is 12.4 Å². The molecule has 0 radical (unpaired) electrons. The number of halogens is 1. The molecule has 1 aromatic heterocycles. The SMILES string of the molecule is Cc1ccnc(S(=O)C2CCNCC2)n1.Cl. The van der Waals surface area contributed by atoms with E-state index in [1.807, 2.05) is 13.0 Å². The molecular formula is C10H16ClN3OS. The summed E-state index contributed by atoms with van der Waals surface area (Å²) in [6, 6.07) is 1.82. The average molecular weight is 262 g/mol. The van der Waals surface area contributed by atoms with Crippen LogP contribution in [0.4, 0.5) is 0 Å². The lowest BCUT2D eigenvalue weighted by molar-refractivity contribution is 0.517. The van der Waals surface area contributed by atoms with Gasteiger partial charge in [-0.05, 0) is 38.9 Å². The van der Waals surface area contributed by atoms with E-state index in [-0.39, 0.29) is 17.7 Å². The second-order valence-electron chi connectivity index (χ2n) is 3.73. The minimum atomic E-state index is -1.04. The molecule has 1 saturated heterocycles. The Morgan fingerprint density at radius 3 is 2.75 bits per heavy atom. The average Bonchev–Trinajstić information content (AvgIpc) is 2.29. The first-order valence-corrected chi connectivity index (χ1v) is 6.39. The summed E-state index contributed by atoms with van der Waals surface area (Å²) in [6.07, 6.45) is 3.57. The minimum Gasteiger partial charge on any atom is -0.317 e. The first-order valence-electron chi connectivity index (χ1n) is 5.18. The second kappa shape index (κ2) is 6.27. The number of aromatic nitrogens is 2. The Hall–Kier alpha value is -0.520. The van der Waals surface area contributed by atoms with Crippen LogP contribution >= 0.6 is 12.4 Å². The van der Waals surface area contributed by atoms with Gasteiger partial charge in [0.05, 0.1) is 10.8 Å². The number of rotatable bonds is 2. The lowest BCUT2D eigenvalue weighted by Crippen LogP contribution is -2.33. The number of piperidine rings is 1. The number of nitrogens with one attached hydrogen (secondary N) is 1. The molecule has 0 aromatic carbocycles. The fraction of sp³-hybridized carbons (Fsp3) is 0.600. The molecule has 1 aliphatic heterocycles. The summed E-state index contributed by atoms with van der Waals surface area (Å²) in [5.74, 6) is 0. The molecule has 4 nitrogen and oxygen atoms in total. The summed E-state index contributed by atoms with van der Waals surface area (Å²) >= 11 is 0. The summed E-state index contributed by atoms with van der Waals surface area (Å²) < 4.78 is 12.1. The van der Waals surface area contributed by atoms with Crippen molar-refractivity contribution in [1.29, 1.82) is 0 Å². The summed E-state index contributed by atoms with van der Waals surface area (Å²) in [5.41, 5.74) is 0.877. The van der Waals surface area contributed by atoms with Crippen molar-refractivity contribution in [3.05, 3.63) is 18.0 Å². The van der Waals surface area contributed by atoms with Crippen LogP contribution in [0.2, 0.25) is 0 Å². The smallest absolute Gasteiger partial charge is 0.218 e. The maximum atomic E-state index is 12.1. The van der Waals surface area contributed by atoms with Crippen LogP contribution in [0.1, 0.15) is 18.5 Å². The molecule has 1 fully saturated rings. The summed E-state index contributed by atoms with van der Waals surface area (Å²) in [7, 11) is -1.04. The van der Waals surface area contributed by atoms with Crippen LogP contribution in [0.25, 0.3) is 0 Å². The molecule has 2 rings (SSSR count). The van der Waals surface area contributed by atoms with E-state index in [2.05, 4.69) is 15.3 Å². The predicted octanol–water partition coefficient (Wildman–Crippen LogP) is 1.07. The highest BCUT2D eigenvalue weighted by Crippen LogP contribution is 2.15. The first-order chi connectivity index (χ1) is 7.27. The Morgan fingerprint density at radius 1 is 1.44 bits per heavy atom. The Morgan fingerprint density at radius 2 is 2.12 bits per heavy atom. The van der Waals surface area contributed by atoms with Gasteiger partial charge in [-0.3, -0.25) is 4.21 Å². The molecule has 16 heavy (non-hydrogen) atoms. The van der Waals surface area contributed by atoms with Gasteiger partial charge in [-0.25, -0.2) is 9.97 Å². The molecule has 90 valence electrons. The normalized spacial score (nSPS) is 18.8. The number of hydrogen-bond donors (Lipinski definition) is 1. The fourth-order valence-electron chi connectivity index (χ4n) is 1.68. The van der Waals surface area contributed by atoms with Gasteiger partial charge in [-0.2, -0.15) is 0 Å². The Balaban J connectivity index is 0.00000128. The molecule has 0 spiro atoms. The van der Waals surface area contributed by atoms with E-state index in [0.717, 1.165) is 31.6 Å². The molecule has 6 heteroatoms. The Kier molecular flexibility index (Phi) is 5.31. The number of hydrogen-bond acceptors (Lipinski definition) is 4. The molecule has 1 atom stereocenters. The maximum absolute atomic E-state index is 12.1. The highest BCUT2D eigenvalue weighted by Gasteiger charge is 2.22. The second-order valence-corrected chi connectivity index (χ2v) is 5.35. The molecule has 0 bridgehead atoms. The van der Waals surface area contributed by atoms with Gasteiger partial charge in [0, 0.05) is 17.1 Å². The largest absolute Gasteiger partial charge is 0.317 e. The van der Waals surface area contributed by atoms with Gasteiger partial charge in [0.1, 0.15) is 0 Å². The summed E-state index contributed by atoms with van der Waals surface area (Å²) in [5, 5.41) is 3.96. The predicted molar refractivity (Wildman–Crippen MR) is 66.3 cm³/mol. The molecule has 0 saturated carbocycles. The van der Waals surface area contributed by atoms with E-state index in [9.17, 15) is 4.21 Å². The summed E-state index contributed by atoms with van der Waals surface area (Å²) in [4.78, 5) is 8.30. The van der Waals surface area contributed by atoms with Crippen molar-refractivity contribution in [2.45, 2.75) is 30.2 Å². The van der Waals surface area contributed by atoms with Crippen molar-refractivity contribution >= 4 is 23.2 Å². The van der Waals surface area contributed by atoms with Crippen molar-refractivity contribution in [2.75, 3.05) is 13.1 Å². The van der Waals surface area contributed by atoms with Crippen molar-refractivity contribution < 1.29 is 4.21 Å². The van der Waals surface area contributed by atoms with Gasteiger partial charge in [0.25, 0.3) is 0 Å². The Labute approximate surface area is 104 Å². The molecule has 1 N–H and O–H groups in total. The zero-order valence-electron chi connectivity index (χ0n) is 9.18. The highest BCUT2D eigenvalue weighted by molar-refractivity contribution is 7.85. The zero-order valence-corrected chi connectivity index (χ0v) is 10.8. The van der Waals surface area contributed by atoms with Gasteiger partial charge in [-0.1, -0.05) is 0 Å². The molecule has 1 unspecified atom stereocenters. The van der Waals surface area contributed by atoms with Gasteiger partial charge >= 0.3 is 0 Å². The molecule has 2 heterocycles. The fourth-order valence-corrected chi connectivity index (χ4v) is 3.04. The van der Waals surface area contributed by atoms with E-state index in [4.69, 9.17) is 0 Å². The van der Waals surface area contributed by atoms with Crippen LogP contribution in [0.15, 0.2) is 17.4 Å². The van der Waals surface area contributed by atoms with Crippen molar-refractivity contribution in [3.8, 4) is 0 Å². The van der Waals surface area contributed by atoms with Gasteiger partial charge in [0.15, 0.2) is 0 Å². The third-order valence-electron chi connectivity index (χ3n) is 2.54. The number of aryl methyl sites for hydroxylation is 1. The van der Waals surface area contributed by atoms with Crippen LogP contribution in [-0.2, 0) is 10.8 Å². The zero-order chi connectivity index (χ0) is 10.7. The van der Waals surface area contributed by atoms with Crippen LogP contribution < -0.4 is 5.32 Å². The molecule has 1 aliphatic rings. The van der Waals surface area contributed by atoms with Crippen molar-refractivity contribution in [3.63, 3.8) is 0 Å². The lowest BCUT2D eigenvalue weighted by Gasteiger charge is -2.20. The molecular weight excluding hydrogens is 246 g/mol. The van der Waals surface area contributed by atoms with Crippen LogP contribution in [0, 0.1) is 6.92 Å². The van der Waals surface area contributed by atoms with Crippen molar-refractivity contribution in [2.24, 2.45) is 0 Å². The van der Waals surface area contributed by atoms with E-state index >= 15 is 0 Å². The third kappa shape index (κ3) is 3.23. The van der Waals surface area contributed by atoms with Crippen molar-refractivity contribution in [1.82, 2.24) is 15.3 Å². The van der Waals surface area contributed by atoms with E-state index in [1.165, 1.54) is 0 Å². The van der Waals surface area contributed by atoms with Gasteiger partial charge in [0.2, 0.25) is 5.16 Å². The van der Waals surface area contributed by atoms with Gasteiger partial charge < -0.3 is 5.32 Å². The highest BCUT2D eigenvalue weighted by atomic mass is 35.5. The summed E-state index contributed by atoms with van der Waals surface area (Å²) in [6.45, 7) is 3.79. The van der Waals surface area contributed by atoms with E-state index < -0.39 is 10.8 Å². The lowest BCUT2D eigenvalue weighted by atomic mass is 10.2. The third-order valence-corrected chi connectivity index (χ3v) is 4.18. The molecule has 0 amide bonds. The Bertz CT molecular complexity index is 369. The first kappa shape index (κ1) is 13.5. The quantitative estimate of drug-likeness (QED) is 0.809. The minimum absolute atomic E-state index is 0. The van der Waals surface area contributed by atoms with E-state index in [0.29, 0.717) is 5.16 Å². The van der Waals surface area contributed by atoms with Crippen LogP contribution in [-0.4, -0.2) is 32.5 Å². The topological polar surface area (TPSA) is 54.9 Å². The molecule has 0 aliphatic carbocycles. The molecule has 1 aromatic rings. The van der Waals surface area contributed by atoms with E-state index in [1.54, 1.807) is 6.20 Å². The van der Waals surface area contributed by atoms with Crippen LogP contribution in [0.5, 0.6) is 0 Å². The van der Waals surface area contributed by atoms with Crippen LogP contribution in [0.3, 0.4) is 0 Å².